The van der Waals surface area contributed by atoms with Crippen molar-refractivity contribution in [3.05, 3.63) is 40.5 Å². The van der Waals surface area contributed by atoms with Crippen LogP contribution < -0.4 is 5.32 Å². The lowest BCUT2D eigenvalue weighted by atomic mass is 10.1. The SMILES string of the molecule is CCSC1CCCC1NCc1ccc(Br)c2cccnc12. The molecule has 0 bridgehead atoms. The molecule has 1 aromatic heterocycles. The van der Waals surface area contributed by atoms with Crippen LogP contribution in [0.25, 0.3) is 10.9 Å². The predicted molar refractivity (Wildman–Crippen MR) is 95.8 cm³/mol. The Morgan fingerprint density at radius 3 is 3.10 bits per heavy atom. The monoisotopic (exact) mass is 364 g/mol. The maximum atomic E-state index is 4.57. The molecule has 0 saturated heterocycles. The fraction of sp³-hybridized carbons (Fsp3) is 0.471. The van der Waals surface area contributed by atoms with Crippen LogP contribution in [0.1, 0.15) is 31.7 Å². The molecule has 0 radical (unpaired) electrons. The van der Waals surface area contributed by atoms with Gasteiger partial charge in [-0.1, -0.05) is 41.4 Å². The first-order valence-electron chi connectivity index (χ1n) is 7.66. The quantitative estimate of drug-likeness (QED) is 0.827. The van der Waals surface area contributed by atoms with Crippen LogP contribution in [0, 0.1) is 0 Å². The normalized spacial score (nSPS) is 22.0. The van der Waals surface area contributed by atoms with Gasteiger partial charge in [0.1, 0.15) is 0 Å². The number of aromatic nitrogens is 1. The number of hydrogen-bond acceptors (Lipinski definition) is 3. The predicted octanol–water partition coefficient (Wildman–Crippen LogP) is 4.76. The first kappa shape index (κ1) is 15.3. The fourth-order valence-corrected chi connectivity index (χ4v) is 4.83. The largest absolute Gasteiger partial charge is 0.309 e. The van der Waals surface area contributed by atoms with Gasteiger partial charge < -0.3 is 5.32 Å². The minimum Gasteiger partial charge on any atom is -0.309 e. The van der Waals surface area contributed by atoms with Crippen molar-refractivity contribution in [3.8, 4) is 0 Å². The van der Waals surface area contributed by atoms with E-state index >= 15 is 0 Å². The van der Waals surface area contributed by atoms with Crippen molar-refractivity contribution in [2.45, 2.75) is 44.0 Å². The van der Waals surface area contributed by atoms with Crippen LogP contribution in [0.5, 0.6) is 0 Å². The minimum atomic E-state index is 0.650. The van der Waals surface area contributed by atoms with Gasteiger partial charge in [-0.25, -0.2) is 0 Å². The van der Waals surface area contributed by atoms with Crippen LogP contribution in [-0.4, -0.2) is 22.0 Å². The number of thioether (sulfide) groups is 1. The van der Waals surface area contributed by atoms with E-state index in [0.717, 1.165) is 21.8 Å². The molecule has 2 nitrogen and oxygen atoms in total. The standard InChI is InChI=1S/C17H21BrN2S/c1-2-21-16-7-3-6-15(16)20-11-12-8-9-14(18)13-5-4-10-19-17(12)13/h4-5,8-10,15-16,20H,2-3,6-7,11H2,1H3. The Hall–Kier alpha value is -0.580. The summed E-state index contributed by atoms with van der Waals surface area (Å²) in [6.45, 7) is 3.17. The Labute approximate surface area is 139 Å². The summed E-state index contributed by atoms with van der Waals surface area (Å²) in [5, 5.41) is 5.75. The Morgan fingerprint density at radius 2 is 2.24 bits per heavy atom. The second-order valence-electron chi connectivity index (χ2n) is 5.52. The maximum absolute atomic E-state index is 4.57. The zero-order valence-corrected chi connectivity index (χ0v) is 14.7. The molecule has 112 valence electrons. The molecular weight excluding hydrogens is 344 g/mol. The highest BCUT2D eigenvalue weighted by Gasteiger charge is 2.26. The molecule has 1 aromatic carbocycles. The first-order valence-corrected chi connectivity index (χ1v) is 9.51. The van der Waals surface area contributed by atoms with Gasteiger partial charge in [-0.2, -0.15) is 11.8 Å². The number of hydrogen-bond donors (Lipinski definition) is 1. The molecule has 21 heavy (non-hydrogen) atoms. The molecule has 2 unspecified atom stereocenters. The summed E-state index contributed by atoms with van der Waals surface area (Å²) >= 11 is 5.72. The molecule has 2 aromatic rings. The third-order valence-corrected chi connectivity index (χ3v) is 6.21. The number of nitrogens with zero attached hydrogens (tertiary/aromatic N) is 1. The molecule has 2 atom stereocenters. The summed E-state index contributed by atoms with van der Waals surface area (Å²) in [5.41, 5.74) is 2.40. The highest BCUT2D eigenvalue weighted by molar-refractivity contribution is 9.10. The van der Waals surface area contributed by atoms with Gasteiger partial charge in [-0.05, 0) is 36.3 Å². The summed E-state index contributed by atoms with van der Waals surface area (Å²) in [7, 11) is 0. The number of rotatable bonds is 5. The van der Waals surface area contributed by atoms with Crippen LogP contribution in [0.4, 0.5) is 0 Å². The van der Waals surface area contributed by atoms with Crippen molar-refractivity contribution in [3.63, 3.8) is 0 Å². The second kappa shape index (κ2) is 7.12. The average Bonchev–Trinajstić information content (AvgIpc) is 2.95. The van der Waals surface area contributed by atoms with Crippen molar-refractivity contribution in [2.75, 3.05) is 5.75 Å². The molecule has 0 aliphatic heterocycles. The van der Waals surface area contributed by atoms with Gasteiger partial charge >= 0.3 is 0 Å². The van der Waals surface area contributed by atoms with Crippen LogP contribution in [0.15, 0.2) is 34.9 Å². The summed E-state index contributed by atoms with van der Waals surface area (Å²) in [6.07, 6.45) is 5.90. The van der Waals surface area contributed by atoms with Crippen molar-refractivity contribution in [1.29, 1.82) is 0 Å². The van der Waals surface area contributed by atoms with Crippen molar-refractivity contribution < 1.29 is 0 Å². The van der Waals surface area contributed by atoms with E-state index in [9.17, 15) is 0 Å². The number of benzene rings is 1. The first-order chi connectivity index (χ1) is 10.3. The molecule has 0 spiro atoms. The van der Waals surface area contributed by atoms with Gasteiger partial charge in [0.15, 0.2) is 0 Å². The number of fused-ring (bicyclic) bond motifs is 1. The van der Waals surface area contributed by atoms with Gasteiger partial charge in [0.2, 0.25) is 0 Å². The highest BCUT2D eigenvalue weighted by atomic mass is 79.9. The Morgan fingerprint density at radius 1 is 1.33 bits per heavy atom. The third kappa shape index (κ3) is 3.43. The second-order valence-corrected chi connectivity index (χ2v) is 7.89. The minimum absolute atomic E-state index is 0.650. The summed E-state index contributed by atoms with van der Waals surface area (Å²) < 4.78 is 1.12. The summed E-state index contributed by atoms with van der Waals surface area (Å²) in [5.74, 6) is 1.21. The molecule has 1 N–H and O–H groups in total. The van der Waals surface area contributed by atoms with Crippen molar-refractivity contribution in [2.24, 2.45) is 0 Å². The molecule has 1 aliphatic rings. The smallest absolute Gasteiger partial charge is 0.0758 e. The molecule has 1 aliphatic carbocycles. The van der Waals surface area contributed by atoms with E-state index in [4.69, 9.17) is 0 Å². The summed E-state index contributed by atoms with van der Waals surface area (Å²) in [6, 6.07) is 9.09. The fourth-order valence-electron chi connectivity index (χ4n) is 3.15. The van der Waals surface area contributed by atoms with E-state index in [1.54, 1.807) is 0 Å². The van der Waals surface area contributed by atoms with E-state index < -0.39 is 0 Å². The Balaban J connectivity index is 1.75. The molecule has 1 saturated carbocycles. The van der Waals surface area contributed by atoms with Crippen LogP contribution in [-0.2, 0) is 6.54 Å². The van der Waals surface area contributed by atoms with Crippen LogP contribution >= 0.6 is 27.7 Å². The summed E-state index contributed by atoms with van der Waals surface area (Å²) in [4.78, 5) is 4.57. The highest BCUT2D eigenvalue weighted by Crippen LogP contribution is 2.31. The average molecular weight is 365 g/mol. The molecule has 1 heterocycles. The lowest BCUT2D eigenvalue weighted by Crippen LogP contribution is -2.33. The maximum Gasteiger partial charge on any atom is 0.0758 e. The lowest BCUT2D eigenvalue weighted by molar-refractivity contribution is 0.533. The molecule has 1 fully saturated rings. The van der Waals surface area contributed by atoms with E-state index in [2.05, 4.69) is 63.1 Å². The van der Waals surface area contributed by atoms with E-state index in [1.165, 1.54) is 36.0 Å². The Kier molecular flexibility index (Phi) is 5.19. The molecular formula is C17H21BrN2S. The van der Waals surface area contributed by atoms with Gasteiger partial charge in [0, 0.05) is 33.9 Å². The van der Waals surface area contributed by atoms with Crippen molar-refractivity contribution >= 4 is 38.6 Å². The van der Waals surface area contributed by atoms with Gasteiger partial charge in [0.25, 0.3) is 0 Å². The van der Waals surface area contributed by atoms with E-state index in [0.29, 0.717) is 6.04 Å². The van der Waals surface area contributed by atoms with Gasteiger partial charge in [-0.3, -0.25) is 4.98 Å². The third-order valence-electron chi connectivity index (χ3n) is 4.19. The number of nitrogens with one attached hydrogen (secondary N) is 1. The zero-order chi connectivity index (χ0) is 14.7. The van der Waals surface area contributed by atoms with Gasteiger partial charge in [-0.15, -0.1) is 0 Å². The topological polar surface area (TPSA) is 24.9 Å². The van der Waals surface area contributed by atoms with Gasteiger partial charge in [0.05, 0.1) is 5.52 Å². The Bertz CT molecular complexity index is 617. The zero-order valence-electron chi connectivity index (χ0n) is 12.3. The van der Waals surface area contributed by atoms with Crippen molar-refractivity contribution in [1.82, 2.24) is 10.3 Å². The molecule has 0 amide bonds. The lowest BCUT2D eigenvalue weighted by Gasteiger charge is -2.20. The molecule has 3 rings (SSSR count). The van der Waals surface area contributed by atoms with Crippen LogP contribution in [0.3, 0.4) is 0 Å². The number of halogens is 1. The van der Waals surface area contributed by atoms with E-state index in [1.807, 2.05) is 12.3 Å². The van der Waals surface area contributed by atoms with Crippen LogP contribution in [0.2, 0.25) is 0 Å². The van der Waals surface area contributed by atoms with E-state index in [-0.39, 0.29) is 0 Å². The number of pyridine rings is 1. The molecule has 4 heteroatoms.